The van der Waals surface area contributed by atoms with E-state index in [1.54, 1.807) is 49.4 Å². The molecule has 0 aromatic heterocycles. The molecule has 0 atom stereocenters. The molecule has 0 radical (unpaired) electrons. The molecule has 4 rings (SSSR count). The monoisotopic (exact) mass is 508 g/mol. The van der Waals surface area contributed by atoms with E-state index in [1.165, 1.54) is 24.3 Å². The van der Waals surface area contributed by atoms with Gasteiger partial charge in [0.15, 0.2) is 0 Å². The zero-order valence-electron chi connectivity index (χ0n) is 19.1. The van der Waals surface area contributed by atoms with Gasteiger partial charge in [-0.05, 0) is 80.1 Å². The lowest BCUT2D eigenvalue weighted by Gasteiger charge is -2.14. The van der Waals surface area contributed by atoms with Crippen LogP contribution in [0.15, 0.2) is 107 Å². The Morgan fingerprint density at radius 1 is 0.600 bits per heavy atom. The molecule has 9 heteroatoms. The Kier molecular flexibility index (Phi) is 6.81. The van der Waals surface area contributed by atoms with Gasteiger partial charge in [0.05, 0.1) is 15.5 Å². The van der Waals surface area contributed by atoms with Crippen LogP contribution in [-0.2, 0) is 20.0 Å². The van der Waals surface area contributed by atoms with E-state index in [0.29, 0.717) is 22.7 Å². The number of para-hydroxylation sites is 1. The molecule has 0 saturated heterocycles. The first-order valence-corrected chi connectivity index (χ1v) is 13.6. The molecular weight excluding hydrogens is 484 g/mol. The second-order valence-corrected chi connectivity index (χ2v) is 11.3. The van der Waals surface area contributed by atoms with E-state index in [4.69, 9.17) is 4.74 Å². The van der Waals surface area contributed by atoms with Gasteiger partial charge < -0.3 is 4.74 Å². The first-order valence-electron chi connectivity index (χ1n) is 10.7. The van der Waals surface area contributed by atoms with E-state index in [1.807, 2.05) is 37.3 Å². The Bertz CT molecular complexity index is 1530. The zero-order valence-corrected chi connectivity index (χ0v) is 20.7. The summed E-state index contributed by atoms with van der Waals surface area (Å²) in [4.78, 5) is 0.0511. The van der Waals surface area contributed by atoms with Gasteiger partial charge in [0.25, 0.3) is 20.0 Å². The second-order valence-electron chi connectivity index (χ2n) is 7.94. The van der Waals surface area contributed by atoms with Crippen LogP contribution < -0.4 is 14.2 Å². The van der Waals surface area contributed by atoms with Gasteiger partial charge in [-0.15, -0.1) is 0 Å². The van der Waals surface area contributed by atoms with E-state index in [-0.39, 0.29) is 15.5 Å². The third-order valence-corrected chi connectivity index (χ3v) is 8.07. The van der Waals surface area contributed by atoms with Crippen LogP contribution >= 0.6 is 0 Å². The molecule has 0 unspecified atom stereocenters. The van der Waals surface area contributed by atoms with Crippen molar-refractivity contribution < 1.29 is 21.6 Å². The van der Waals surface area contributed by atoms with Crippen molar-refractivity contribution in [1.29, 1.82) is 0 Å². The maximum absolute atomic E-state index is 13.1. The van der Waals surface area contributed by atoms with Crippen molar-refractivity contribution in [2.75, 3.05) is 9.44 Å². The molecule has 2 N–H and O–H groups in total. The van der Waals surface area contributed by atoms with Crippen molar-refractivity contribution in [2.24, 2.45) is 0 Å². The molecule has 180 valence electrons. The van der Waals surface area contributed by atoms with Gasteiger partial charge in [0.2, 0.25) is 0 Å². The fourth-order valence-corrected chi connectivity index (χ4v) is 5.69. The Labute approximate surface area is 205 Å². The quantitative estimate of drug-likeness (QED) is 0.318. The molecule has 4 aromatic carbocycles. The molecule has 0 aliphatic carbocycles. The van der Waals surface area contributed by atoms with Crippen LogP contribution in [0.1, 0.15) is 11.1 Å². The van der Waals surface area contributed by atoms with Gasteiger partial charge in [-0.25, -0.2) is 16.8 Å². The molecular formula is C26H24N2O5S2. The van der Waals surface area contributed by atoms with Crippen molar-refractivity contribution >= 4 is 31.4 Å². The van der Waals surface area contributed by atoms with Gasteiger partial charge in [-0.3, -0.25) is 9.44 Å². The fourth-order valence-electron chi connectivity index (χ4n) is 3.31. The summed E-state index contributed by atoms with van der Waals surface area (Å²) in [6.07, 6.45) is 0. The Hall–Kier alpha value is -3.82. The summed E-state index contributed by atoms with van der Waals surface area (Å²) < 4.78 is 62.4. The van der Waals surface area contributed by atoms with Crippen LogP contribution in [0.5, 0.6) is 11.5 Å². The smallest absolute Gasteiger partial charge is 0.262 e. The highest BCUT2D eigenvalue weighted by atomic mass is 32.2. The molecule has 0 aliphatic rings. The number of benzene rings is 4. The van der Waals surface area contributed by atoms with Gasteiger partial charge >= 0.3 is 0 Å². The van der Waals surface area contributed by atoms with Crippen molar-refractivity contribution in [2.45, 2.75) is 23.6 Å². The molecule has 7 nitrogen and oxygen atoms in total. The van der Waals surface area contributed by atoms with E-state index < -0.39 is 20.0 Å². The number of anilines is 2. The number of hydrogen-bond acceptors (Lipinski definition) is 5. The van der Waals surface area contributed by atoms with E-state index in [0.717, 1.165) is 5.56 Å². The highest BCUT2D eigenvalue weighted by molar-refractivity contribution is 7.93. The summed E-state index contributed by atoms with van der Waals surface area (Å²) in [5, 5.41) is 0. The first kappa shape index (κ1) is 24.3. The lowest BCUT2D eigenvalue weighted by Crippen LogP contribution is -2.16. The minimum absolute atomic E-state index is 0.0359. The fraction of sp³-hybridized carbons (Fsp3) is 0.0769. The first-order chi connectivity index (χ1) is 16.6. The van der Waals surface area contributed by atoms with Crippen molar-refractivity contribution in [3.05, 3.63) is 108 Å². The van der Waals surface area contributed by atoms with Gasteiger partial charge in [0.1, 0.15) is 11.5 Å². The van der Waals surface area contributed by atoms with Crippen molar-refractivity contribution in [1.82, 2.24) is 0 Å². The zero-order chi connectivity index (χ0) is 25.1. The number of nitrogens with one attached hydrogen (secondary N) is 2. The van der Waals surface area contributed by atoms with E-state index in [2.05, 4.69) is 9.44 Å². The molecule has 0 spiro atoms. The van der Waals surface area contributed by atoms with E-state index >= 15 is 0 Å². The number of hydrogen-bond donors (Lipinski definition) is 2. The van der Waals surface area contributed by atoms with Crippen LogP contribution in [0.2, 0.25) is 0 Å². The van der Waals surface area contributed by atoms with Crippen molar-refractivity contribution in [3.63, 3.8) is 0 Å². The molecule has 0 heterocycles. The molecule has 0 bridgehead atoms. The van der Waals surface area contributed by atoms with Gasteiger partial charge in [-0.2, -0.15) is 0 Å². The maximum atomic E-state index is 13.1. The van der Waals surface area contributed by atoms with E-state index in [9.17, 15) is 16.8 Å². The summed E-state index contributed by atoms with van der Waals surface area (Å²) in [6.45, 7) is 3.50. The number of aryl methyl sites for hydroxylation is 2. The Morgan fingerprint density at radius 2 is 1.17 bits per heavy atom. The summed E-state index contributed by atoms with van der Waals surface area (Å²) in [5.74, 6) is 1.23. The summed E-state index contributed by atoms with van der Waals surface area (Å²) in [6, 6.07) is 26.5. The largest absolute Gasteiger partial charge is 0.457 e. The highest BCUT2D eigenvalue weighted by Gasteiger charge is 2.20. The van der Waals surface area contributed by atoms with Crippen LogP contribution in [-0.4, -0.2) is 16.8 Å². The summed E-state index contributed by atoms with van der Waals surface area (Å²) >= 11 is 0. The maximum Gasteiger partial charge on any atom is 0.262 e. The van der Waals surface area contributed by atoms with Gasteiger partial charge in [-0.1, -0.05) is 42.0 Å². The molecule has 4 aromatic rings. The Morgan fingerprint density at radius 3 is 1.83 bits per heavy atom. The van der Waals surface area contributed by atoms with Crippen molar-refractivity contribution in [3.8, 4) is 11.5 Å². The number of ether oxygens (including phenoxy) is 1. The third-order valence-electron chi connectivity index (χ3n) is 5.15. The molecule has 0 amide bonds. The topological polar surface area (TPSA) is 102 Å². The summed E-state index contributed by atoms with van der Waals surface area (Å²) in [5.41, 5.74) is 1.89. The normalized spacial score (nSPS) is 11.6. The SMILES string of the molecule is Cc1ccc(S(=O)(=O)Nc2ccc(C)c(S(=O)(=O)Nc3ccc(Oc4ccccc4)cc3)c2)cc1. The van der Waals surface area contributed by atoms with Gasteiger partial charge in [0, 0.05) is 5.69 Å². The lowest BCUT2D eigenvalue weighted by molar-refractivity contribution is 0.483. The summed E-state index contributed by atoms with van der Waals surface area (Å²) in [7, 11) is -7.86. The van der Waals surface area contributed by atoms with Crippen LogP contribution in [0.4, 0.5) is 11.4 Å². The molecule has 35 heavy (non-hydrogen) atoms. The predicted molar refractivity (Wildman–Crippen MR) is 137 cm³/mol. The minimum atomic E-state index is -3.99. The molecule has 0 fully saturated rings. The highest BCUT2D eigenvalue weighted by Crippen LogP contribution is 2.27. The standard InChI is InChI=1S/C26H24N2O5S2/c1-19-8-16-25(17-9-19)34(29,30)28-22-11-10-20(2)26(18-22)35(31,32)27-21-12-14-24(15-13-21)33-23-6-4-3-5-7-23/h3-18,27-28H,1-2H3. The minimum Gasteiger partial charge on any atom is -0.457 e. The molecule has 0 saturated carbocycles. The second kappa shape index (κ2) is 9.81. The van der Waals surface area contributed by atoms with Crippen LogP contribution in [0.25, 0.3) is 0 Å². The average Bonchev–Trinajstić information content (AvgIpc) is 2.82. The predicted octanol–water partition coefficient (Wildman–Crippen LogP) is 5.70. The third kappa shape index (κ3) is 6.00. The number of rotatable bonds is 8. The Balaban J connectivity index is 1.53. The van der Waals surface area contributed by atoms with Crippen LogP contribution in [0, 0.1) is 13.8 Å². The molecule has 0 aliphatic heterocycles. The average molecular weight is 509 g/mol. The van der Waals surface area contributed by atoms with Crippen LogP contribution in [0.3, 0.4) is 0 Å². The number of sulfonamides is 2. The lowest BCUT2D eigenvalue weighted by atomic mass is 10.2.